The molecule has 0 bridgehead atoms. The van der Waals surface area contributed by atoms with Gasteiger partial charge in [0, 0.05) is 13.1 Å². The zero-order valence-corrected chi connectivity index (χ0v) is 9.74. The largest absolute Gasteiger partial charge is 0.480 e. The molecule has 1 unspecified atom stereocenters. The molecule has 5 heteroatoms. The molecule has 0 aliphatic carbocycles. The van der Waals surface area contributed by atoms with Gasteiger partial charge in [0.15, 0.2) is 0 Å². The maximum absolute atomic E-state index is 11.8. The molecule has 0 aromatic carbocycles. The Morgan fingerprint density at radius 2 is 1.81 bits per heavy atom. The van der Waals surface area contributed by atoms with E-state index in [-0.39, 0.29) is 6.03 Å². The summed E-state index contributed by atoms with van der Waals surface area (Å²) in [4.78, 5) is 24.3. The van der Waals surface area contributed by atoms with Gasteiger partial charge in [-0.15, -0.1) is 0 Å². The summed E-state index contributed by atoms with van der Waals surface area (Å²) in [5.41, 5.74) is 0. The number of carboxylic acid groups (broad SMARTS) is 1. The van der Waals surface area contributed by atoms with E-state index in [2.05, 4.69) is 5.32 Å². The third kappa shape index (κ3) is 3.72. The van der Waals surface area contributed by atoms with E-state index in [1.165, 1.54) is 0 Å². The number of nitrogens with zero attached hydrogens (tertiary/aromatic N) is 1. The Morgan fingerprint density at radius 1 is 1.25 bits per heavy atom. The molecular weight excluding hydrogens is 208 g/mol. The fourth-order valence-electron chi connectivity index (χ4n) is 1.85. The molecule has 16 heavy (non-hydrogen) atoms. The number of hydrogen-bond acceptors (Lipinski definition) is 2. The van der Waals surface area contributed by atoms with Gasteiger partial charge in [-0.1, -0.05) is 19.8 Å². The van der Waals surface area contributed by atoms with Gasteiger partial charge in [0.1, 0.15) is 6.04 Å². The molecule has 1 atom stereocenters. The Hall–Kier alpha value is -1.26. The average molecular weight is 228 g/mol. The van der Waals surface area contributed by atoms with Crippen LogP contribution in [0.1, 0.15) is 39.0 Å². The molecule has 2 amide bonds. The minimum atomic E-state index is -0.967. The second kappa shape index (κ2) is 6.35. The summed E-state index contributed by atoms with van der Waals surface area (Å²) in [6.45, 7) is 3.23. The number of carboxylic acids is 1. The van der Waals surface area contributed by atoms with E-state index in [9.17, 15) is 9.59 Å². The number of carbonyl (C=O) groups is 2. The molecule has 5 nitrogen and oxygen atoms in total. The quantitative estimate of drug-likeness (QED) is 0.767. The van der Waals surface area contributed by atoms with Gasteiger partial charge in [0.25, 0.3) is 0 Å². The lowest BCUT2D eigenvalue weighted by Gasteiger charge is -2.23. The summed E-state index contributed by atoms with van der Waals surface area (Å²) < 4.78 is 0. The van der Waals surface area contributed by atoms with Crippen molar-refractivity contribution in [2.75, 3.05) is 13.1 Å². The summed E-state index contributed by atoms with van der Waals surface area (Å²) in [7, 11) is 0. The minimum Gasteiger partial charge on any atom is -0.480 e. The molecule has 1 aliphatic rings. The smallest absolute Gasteiger partial charge is 0.326 e. The van der Waals surface area contributed by atoms with Crippen LogP contribution in [-0.2, 0) is 4.79 Å². The van der Waals surface area contributed by atoms with Crippen LogP contribution in [0, 0.1) is 0 Å². The lowest BCUT2D eigenvalue weighted by atomic mass is 10.2. The maximum Gasteiger partial charge on any atom is 0.326 e. The second-order valence-electron chi connectivity index (χ2n) is 4.15. The van der Waals surface area contributed by atoms with Crippen molar-refractivity contribution < 1.29 is 14.7 Å². The first-order valence-electron chi connectivity index (χ1n) is 5.93. The number of rotatable bonds is 3. The van der Waals surface area contributed by atoms with E-state index in [0.717, 1.165) is 38.8 Å². The van der Waals surface area contributed by atoms with Gasteiger partial charge < -0.3 is 15.3 Å². The molecule has 0 saturated carbocycles. The lowest BCUT2D eigenvalue weighted by Crippen LogP contribution is -2.47. The van der Waals surface area contributed by atoms with Crippen LogP contribution in [-0.4, -0.2) is 41.1 Å². The molecule has 2 N–H and O–H groups in total. The van der Waals surface area contributed by atoms with Crippen molar-refractivity contribution in [1.29, 1.82) is 0 Å². The highest BCUT2D eigenvalue weighted by Crippen LogP contribution is 2.09. The molecule has 0 radical (unpaired) electrons. The average Bonchev–Trinajstić information content (AvgIpc) is 2.53. The van der Waals surface area contributed by atoms with Gasteiger partial charge in [-0.25, -0.2) is 9.59 Å². The van der Waals surface area contributed by atoms with Crippen molar-refractivity contribution in [3.8, 4) is 0 Å². The number of nitrogens with one attached hydrogen (secondary N) is 1. The lowest BCUT2D eigenvalue weighted by molar-refractivity contribution is -0.139. The number of carbonyl (C=O) groups excluding carboxylic acids is 1. The molecule has 1 saturated heterocycles. The number of aliphatic carboxylic acids is 1. The van der Waals surface area contributed by atoms with Crippen molar-refractivity contribution in [3.63, 3.8) is 0 Å². The number of likely N-dealkylation sites (tertiary alicyclic amines) is 1. The molecular formula is C11H20N2O3. The van der Waals surface area contributed by atoms with Crippen LogP contribution < -0.4 is 5.32 Å². The first kappa shape index (κ1) is 12.8. The predicted octanol–water partition coefficient (Wildman–Crippen LogP) is 1.44. The number of hydrogen-bond donors (Lipinski definition) is 2. The van der Waals surface area contributed by atoms with Gasteiger partial charge in [0.2, 0.25) is 0 Å². The van der Waals surface area contributed by atoms with Crippen molar-refractivity contribution in [3.05, 3.63) is 0 Å². The SMILES string of the molecule is CCC(NC(=O)N1CCCCCC1)C(=O)O. The van der Waals surface area contributed by atoms with Crippen molar-refractivity contribution in [1.82, 2.24) is 10.2 Å². The summed E-state index contributed by atoms with van der Waals surface area (Å²) in [6.07, 6.45) is 4.74. The first-order chi connectivity index (χ1) is 7.65. The monoisotopic (exact) mass is 228 g/mol. The van der Waals surface area contributed by atoms with Crippen LogP contribution in [0.3, 0.4) is 0 Å². The highest BCUT2D eigenvalue weighted by atomic mass is 16.4. The Labute approximate surface area is 95.8 Å². The molecule has 1 fully saturated rings. The summed E-state index contributed by atoms with van der Waals surface area (Å²) in [5.74, 6) is -0.967. The van der Waals surface area contributed by atoms with Crippen LogP contribution in [0.15, 0.2) is 0 Å². The van der Waals surface area contributed by atoms with E-state index in [1.807, 2.05) is 0 Å². The van der Waals surface area contributed by atoms with Gasteiger partial charge in [-0.3, -0.25) is 0 Å². The standard InChI is InChI=1S/C11H20N2O3/c1-2-9(10(14)15)12-11(16)13-7-5-3-4-6-8-13/h9H,2-8H2,1H3,(H,12,16)(H,14,15). The Bertz CT molecular complexity index is 248. The van der Waals surface area contributed by atoms with Gasteiger partial charge in [-0.05, 0) is 19.3 Å². The molecule has 0 aromatic rings. The summed E-state index contributed by atoms with van der Waals surface area (Å²) >= 11 is 0. The number of amides is 2. The molecule has 1 rings (SSSR count). The predicted molar refractivity (Wildman–Crippen MR) is 60.3 cm³/mol. The Balaban J connectivity index is 2.46. The fraction of sp³-hybridized carbons (Fsp3) is 0.818. The second-order valence-corrected chi connectivity index (χ2v) is 4.15. The van der Waals surface area contributed by atoms with Crippen molar-refractivity contribution in [2.45, 2.75) is 45.1 Å². The van der Waals surface area contributed by atoms with Gasteiger partial charge in [0.05, 0.1) is 0 Å². The van der Waals surface area contributed by atoms with E-state index in [1.54, 1.807) is 11.8 Å². The van der Waals surface area contributed by atoms with E-state index >= 15 is 0 Å². The zero-order valence-electron chi connectivity index (χ0n) is 9.74. The molecule has 0 spiro atoms. The van der Waals surface area contributed by atoms with Crippen LogP contribution in [0.2, 0.25) is 0 Å². The van der Waals surface area contributed by atoms with Gasteiger partial charge in [-0.2, -0.15) is 0 Å². The summed E-state index contributed by atoms with van der Waals surface area (Å²) in [6, 6.07) is -1.01. The Kier molecular flexibility index (Phi) is 5.08. The van der Waals surface area contributed by atoms with E-state index in [0.29, 0.717) is 6.42 Å². The molecule has 1 heterocycles. The summed E-state index contributed by atoms with van der Waals surface area (Å²) in [5, 5.41) is 11.4. The number of urea groups is 1. The first-order valence-corrected chi connectivity index (χ1v) is 5.93. The topological polar surface area (TPSA) is 69.6 Å². The van der Waals surface area contributed by atoms with Crippen LogP contribution in [0.25, 0.3) is 0 Å². The third-order valence-corrected chi connectivity index (χ3v) is 2.90. The van der Waals surface area contributed by atoms with Crippen molar-refractivity contribution >= 4 is 12.0 Å². The Morgan fingerprint density at radius 3 is 2.25 bits per heavy atom. The van der Waals surface area contributed by atoms with Crippen LogP contribution >= 0.6 is 0 Å². The van der Waals surface area contributed by atoms with Crippen LogP contribution in [0.5, 0.6) is 0 Å². The maximum atomic E-state index is 11.8. The third-order valence-electron chi connectivity index (χ3n) is 2.90. The van der Waals surface area contributed by atoms with Crippen LogP contribution in [0.4, 0.5) is 4.79 Å². The molecule has 1 aliphatic heterocycles. The van der Waals surface area contributed by atoms with E-state index < -0.39 is 12.0 Å². The molecule has 92 valence electrons. The van der Waals surface area contributed by atoms with Crippen molar-refractivity contribution in [2.24, 2.45) is 0 Å². The van der Waals surface area contributed by atoms with E-state index in [4.69, 9.17) is 5.11 Å². The highest BCUT2D eigenvalue weighted by Gasteiger charge is 2.21. The normalized spacial score (nSPS) is 18.7. The zero-order chi connectivity index (χ0) is 12.0. The molecule has 0 aromatic heterocycles. The highest BCUT2D eigenvalue weighted by molar-refractivity contribution is 5.82. The minimum absolute atomic E-state index is 0.240. The fourth-order valence-corrected chi connectivity index (χ4v) is 1.85. The van der Waals surface area contributed by atoms with Gasteiger partial charge >= 0.3 is 12.0 Å².